The van der Waals surface area contributed by atoms with E-state index in [-0.39, 0.29) is 11.7 Å². The summed E-state index contributed by atoms with van der Waals surface area (Å²) in [5.41, 5.74) is 3.97. The second-order valence-corrected chi connectivity index (χ2v) is 9.90. The molecule has 0 bridgehead atoms. The molecule has 1 fully saturated rings. The van der Waals surface area contributed by atoms with Crippen LogP contribution >= 0.6 is 0 Å². The summed E-state index contributed by atoms with van der Waals surface area (Å²) in [6.07, 6.45) is 1.55. The van der Waals surface area contributed by atoms with Crippen molar-refractivity contribution in [3.05, 3.63) is 52.2 Å². The van der Waals surface area contributed by atoms with Crippen LogP contribution in [0.5, 0.6) is 0 Å². The van der Waals surface area contributed by atoms with E-state index in [1.165, 1.54) is 0 Å². The van der Waals surface area contributed by atoms with Gasteiger partial charge in [0.25, 0.3) is 5.56 Å². The van der Waals surface area contributed by atoms with Gasteiger partial charge in [-0.2, -0.15) is 5.10 Å². The van der Waals surface area contributed by atoms with Gasteiger partial charge in [-0.05, 0) is 58.9 Å². The molecule has 1 aliphatic heterocycles. The molecule has 1 aliphatic rings. The number of benzene rings is 1. The number of fused-ring (bicyclic) bond motifs is 2. The SMILES string of the molecule is Cc1cn2nc(-c3nc4ccc(N5CCN(C(=O)OC(C)(C)C)CC5)cc4c(=O)[nH]3)cc2c(C)n1. The van der Waals surface area contributed by atoms with E-state index in [0.29, 0.717) is 48.6 Å². The van der Waals surface area contributed by atoms with Crippen LogP contribution in [0.3, 0.4) is 0 Å². The lowest BCUT2D eigenvalue weighted by atomic mass is 10.2. The smallest absolute Gasteiger partial charge is 0.410 e. The molecule has 3 aromatic heterocycles. The summed E-state index contributed by atoms with van der Waals surface area (Å²) in [5, 5.41) is 5.09. The third-order valence-corrected chi connectivity index (χ3v) is 5.99. The lowest BCUT2D eigenvalue weighted by Gasteiger charge is -2.36. The molecule has 0 aliphatic carbocycles. The van der Waals surface area contributed by atoms with Crippen molar-refractivity contribution in [3.63, 3.8) is 0 Å². The average Bonchev–Trinajstić information content (AvgIpc) is 3.22. The fraction of sp³-hybridized carbons (Fsp3) is 0.400. The highest BCUT2D eigenvalue weighted by Gasteiger charge is 2.26. The fourth-order valence-corrected chi connectivity index (χ4v) is 4.32. The summed E-state index contributed by atoms with van der Waals surface area (Å²) >= 11 is 0. The number of ether oxygens (including phenoxy) is 1. The molecule has 0 atom stereocenters. The molecule has 0 unspecified atom stereocenters. The number of H-pyrrole nitrogens is 1. The Morgan fingerprint density at radius 2 is 1.80 bits per heavy atom. The van der Waals surface area contributed by atoms with Crippen LogP contribution in [-0.2, 0) is 4.74 Å². The van der Waals surface area contributed by atoms with E-state index in [4.69, 9.17) is 4.74 Å². The second kappa shape index (κ2) is 8.37. The lowest BCUT2D eigenvalue weighted by Crippen LogP contribution is -2.50. The summed E-state index contributed by atoms with van der Waals surface area (Å²) in [6, 6.07) is 7.55. The van der Waals surface area contributed by atoms with Crippen LogP contribution in [0, 0.1) is 13.8 Å². The Hall–Kier alpha value is -3.95. The minimum atomic E-state index is -0.516. The van der Waals surface area contributed by atoms with E-state index in [9.17, 15) is 9.59 Å². The minimum absolute atomic E-state index is 0.220. The van der Waals surface area contributed by atoms with Gasteiger partial charge < -0.3 is 19.5 Å². The van der Waals surface area contributed by atoms with Gasteiger partial charge in [-0.25, -0.2) is 14.3 Å². The van der Waals surface area contributed by atoms with Crippen molar-refractivity contribution in [3.8, 4) is 11.5 Å². The first-order valence-electron chi connectivity index (χ1n) is 11.7. The second-order valence-electron chi connectivity index (χ2n) is 9.90. The first-order chi connectivity index (χ1) is 16.6. The van der Waals surface area contributed by atoms with Gasteiger partial charge in [-0.15, -0.1) is 0 Å². The van der Waals surface area contributed by atoms with Crippen LogP contribution in [0.15, 0.2) is 35.3 Å². The van der Waals surface area contributed by atoms with Crippen LogP contribution < -0.4 is 10.5 Å². The molecule has 4 heterocycles. The van der Waals surface area contributed by atoms with E-state index in [1.54, 1.807) is 9.42 Å². The van der Waals surface area contributed by atoms with E-state index in [2.05, 4.69) is 25.0 Å². The predicted octanol–water partition coefficient (Wildman–Crippen LogP) is 3.31. The van der Waals surface area contributed by atoms with Gasteiger partial charge in [0.15, 0.2) is 5.82 Å². The molecule has 4 aromatic rings. The Morgan fingerprint density at radius 3 is 2.51 bits per heavy atom. The van der Waals surface area contributed by atoms with Crippen LogP contribution in [0.4, 0.5) is 10.5 Å². The predicted molar refractivity (Wildman–Crippen MR) is 134 cm³/mol. The third-order valence-electron chi connectivity index (χ3n) is 5.99. The van der Waals surface area contributed by atoms with Crippen molar-refractivity contribution >= 4 is 28.2 Å². The number of nitrogens with zero attached hydrogens (tertiary/aromatic N) is 6. The zero-order valence-corrected chi connectivity index (χ0v) is 20.6. The van der Waals surface area contributed by atoms with Gasteiger partial charge in [0.1, 0.15) is 11.3 Å². The number of nitrogens with one attached hydrogen (secondary N) is 1. The van der Waals surface area contributed by atoms with Gasteiger partial charge in [0.2, 0.25) is 0 Å². The summed E-state index contributed by atoms with van der Waals surface area (Å²) in [6.45, 7) is 11.9. The van der Waals surface area contributed by atoms with Gasteiger partial charge >= 0.3 is 6.09 Å². The number of hydrogen-bond donors (Lipinski definition) is 1. The highest BCUT2D eigenvalue weighted by molar-refractivity contribution is 5.83. The molecule has 182 valence electrons. The number of anilines is 1. The maximum Gasteiger partial charge on any atom is 0.410 e. The standard InChI is InChI=1S/C25H29N7O3/c1-15-14-32-21(16(2)26-15)13-20(29-32)22-27-19-7-6-17(12-18(19)23(33)28-22)30-8-10-31(11-9-30)24(34)35-25(3,4)5/h6-7,12-14H,8-11H2,1-5H3,(H,27,28,33). The molecule has 10 nitrogen and oxygen atoms in total. The summed E-state index contributed by atoms with van der Waals surface area (Å²) < 4.78 is 7.24. The van der Waals surface area contributed by atoms with Crippen molar-refractivity contribution in [2.45, 2.75) is 40.2 Å². The largest absolute Gasteiger partial charge is 0.444 e. The summed E-state index contributed by atoms with van der Waals surface area (Å²) in [7, 11) is 0. The van der Waals surface area contributed by atoms with Gasteiger partial charge in [0.05, 0.1) is 34.0 Å². The van der Waals surface area contributed by atoms with Crippen molar-refractivity contribution < 1.29 is 9.53 Å². The number of hydrogen-bond acceptors (Lipinski definition) is 7. The summed E-state index contributed by atoms with van der Waals surface area (Å²) in [5.74, 6) is 0.418. The van der Waals surface area contributed by atoms with Gasteiger partial charge in [0, 0.05) is 31.9 Å². The number of aromatic amines is 1. The van der Waals surface area contributed by atoms with Crippen LogP contribution in [0.2, 0.25) is 0 Å². The maximum absolute atomic E-state index is 13.0. The quantitative estimate of drug-likeness (QED) is 0.474. The monoisotopic (exact) mass is 475 g/mol. The number of carbonyl (C=O) groups is 1. The Balaban J connectivity index is 1.38. The van der Waals surface area contributed by atoms with E-state index >= 15 is 0 Å². The molecule has 10 heteroatoms. The number of carbonyl (C=O) groups excluding carboxylic acids is 1. The fourth-order valence-electron chi connectivity index (χ4n) is 4.32. The van der Waals surface area contributed by atoms with Crippen molar-refractivity contribution in [1.82, 2.24) is 29.5 Å². The van der Waals surface area contributed by atoms with E-state index in [1.807, 2.05) is 65.1 Å². The molecule has 35 heavy (non-hydrogen) atoms. The molecule has 1 amide bonds. The Bertz CT molecular complexity index is 1490. The number of amides is 1. The van der Waals surface area contributed by atoms with Crippen molar-refractivity contribution in [2.75, 3.05) is 31.1 Å². The number of piperazine rings is 1. The van der Waals surface area contributed by atoms with Crippen LogP contribution in [0.25, 0.3) is 27.9 Å². The summed E-state index contributed by atoms with van der Waals surface area (Å²) in [4.78, 5) is 41.2. The number of aryl methyl sites for hydroxylation is 2. The third kappa shape index (κ3) is 4.55. The minimum Gasteiger partial charge on any atom is -0.444 e. The zero-order valence-electron chi connectivity index (χ0n) is 20.6. The van der Waals surface area contributed by atoms with Crippen molar-refractivity contribution in [1.29, 1.82) is 0 Å². The number of aromatic nitrogens is 5. The zero-order chi connectivity index (χ0) is 24.9. The topological polar surface area (TPSA) is 109 Å². The van der Waals surface area contributed by atoms with Crippen LogP contribution in [-0.4, -0.2) is 67.3 Å². The molecular weight excluding hydrogens is 446 g/mol. The molecular formula is C25H29N7O3. The molecule has 1 aromatic carbocycles. The van der Waals surface area contributed by atoms with Crippen molar-refractivity contribution in [2.24, 2.45) is 0 Å². The molecule has 1 N–H and O–H groups in total. The van der Waals surface area contributed by atoms with Gasteiger partial charge in [-0.3, -0.25) is 9.78 Å². The molecule has 0 spiro atoms. The molecule has 0 radical (unpaired) electrons. The maximum atomic E-state index is 13.0. The van der Waals surface area contributed by atoms with E-state index < -0.39 is 5.60 Å². The molecule has 5 rings (SSSR count). The first-order valence-corrected chi connectivity index (χ1v) is 11.7. The average molecular weight is 476 g/mol. The first kappa shape index (κ1) is 22.8. The highest BCUT2D eigenvalue weighted by atomic mass is 16.6. The Morgan fingerprint density at radius 1 is 1.06 bits per heavy atom. The van der Waals surface area contributed by atoms with E-state index in [0.717, 1.165) is 22.6 Å². The molecule has 1 saturated heterocycles. The Labute approximate surface area is 202 Å². The molecule has 0 saturated carbocycles. The normalized spacial score (nSPS) is 14.7. The number of rotatable bonds is 2. The van der Waals surface area contributed by atoms with Gasteiger partial charge in [-0.1, -0.05) is 0 Å². The Kier molecular flexibility index (Phi) is 5.46. The highest BCUT2D eigenvalue weighted by Crippen LogP contribution is 2.23. The lowest BCUT2D eigenvalue weighted by molar-refractivity contribution is 0.0240. The van der Waals surface area contributed by atoms with Crippen LogP contribution in [0.1, 0.15) is 32.2 Å².